The van der Waals surface area contributed by atoms with Gasteiger partial charge in [0.05, 0.1) is 18.9 Å². The lowest BCUT2D eigenvalue weighted by molar-refractivity contribution is -0.116. The van der Waals surface area contributed by atoms with E-state index in [-0.39, 0.29) is 18.0 Å². The number of nitrogens with one attached hydrogen (secondary N) is 1. The van der Waals surface area contributed by atoms with Crippen molar-refractivity contribution >= 4 is 11.6 Å². The minimum absolute atomic E-state index is 0.0342. The van der Waals surface area contributed by atoms with Crippen LogP contribution in [0.25, 0.3) is 0 Å². The van der Waals surface area contributed by atoms with E-state index in [9.17, 15) is 13.6 Å². The van der Waals surface area contributed by atoms with Crippen LogP contribution in [0.1, 0.15) is 25.8 Å². The fraction of sp³-hybridized carbons (Fsp3) is 0.316. The molecule has 2 rings (SSSR count). The van der Waals surface area contributed by atoms with E-state index in [1.165, 1.54) is 6.07 Å². The number of carbonyl (C=O) groups excluding carboxylic acids is 1. The van der Waals surface area contributed by atoms with Gasteiger partial charge in [-0.3, -0.25) is 4.79 Å². The molecule has 0 aliphatic heterocycles. The lowest BCUT2D eigenvalue weighted by Crippen LogP contribution is -2.13. The third kappa shape index (κ3) is 5.45. The van der Waals surface area contributed by atoms with Gasteiger partial charge in [0.25, 0.3) is 0 Å². The van der Waals surface area contributed by atoms with Crippen LogP contribution in [0.2, 0.25) is 0 Å². The smallest absolute Gasteiger partial charge is 0.224 e. The van der Waals surface area contributed by atoms with Gasteiger partial charge >= 0.3 is 0 Å². The molecular weight excluding hydrogens is 328 g/mol. The van der Waals surface area contributed by atoms with Gasteiger partial charge in [0.2, 0.25) is 5.91 Å². The molecule has 0 radical (unpaired) electrons. The zero-order chi connectivity index (χ0) is 18.2. The third-order valence-electron chi connectivity index (χ3n) is 3.45. The van der Waals surface area contributed by atoms with Gasteiger partial charge in [0.15, 0.2) is 11.5 Å². The lowest BCUT2D eigenvalue weighted by Gasteiger charge is -2.12. The van der Waals surface area contributed by atoms with Gasteiger partial charge in [-0.2, -0.15) is 0 Å². The predicted octanol–water partition coefficient (Wildman–Crippen LogP) is 4.33. The van der Waals surface area contributed by atoms with Crippen molar-refractivity contribution in [2.75, 3.05) is 18.5 Å². The highest BCUT2D eigenvalue weighted by molar-refractivity contribution is 5.90. The second-order valence-electron chi connectivity index (χ2n) is 5.32. The maximum absolute atomic E-state index is 13.5. The molecule has 25 heavy (non-hydrogen) atoms. The summed E-state index contributed by atoms with van der Waals surface area (Å²) in [5.74, 6) is -0.545. The van der Waals surface area contributed by atoms with Crippen molar-refractivity contribution in [3.05, 3.63) is 53.6 Å². The summed E-state index contributed by atoms with van der Waals surface area (Å²) in [6.07, 6.45) is 0.623. The average molecular weight is 349 g/mol. The van der Waals surface area contributed by atoms with Crippen LogP contribution in [0.5, 0.6) is 11.5 Å². The largest absolute Gasteiger partial charge is 0.490 e. The van der Waals surface area contributed by atoms with Crippen LogP contribution in [-0.2, 0) is 11.2 Å². The Kier molecular flexibility index (Phi) is 6.74. The molecule has 2 aromatic carbocycles. The van der Waals surface area contributed by atoms with Crippen LogP contribution in [0, 0.1) is 11.6 Å². The monoisotopic (exact) mass is 349 g/mol. The molecule has 0 saturated heterocycles. The predicted molar refractivity (Wildman–Crippen MR) is 92.1 cm³/mol. The van der Waals surface area contributed by atoms with Crippen LogP contribution in [0.4, 0.5) is 14.5 Å². The molecule has 1 amide bonds. The maximum atomic E-state index is 13.5. The molecule has 0 aromatic heterocycles. The first-order chi connectivity index (χ1) is 12.0. The van der Waals surface area contributed by atoms with Crippen LogP contribution in [0.15, 0.2) is 36.4 Å². The number of hydrogen-bond acceptors (Lipinski definition) is 3. The van der Waals surface area contributed by atoms with Gasteiger partial charge in [-0.25, -0.2) is 8.78 Å². The first-order valence-electron chi connectivity index (χ1n) is 8.17. The highest BCUT2D eigenvalue weighted by Crippen LogP contribution is 2.29. The number of amides is 1. The Labute approximate surface area is 145 Å². The summed E-state index contributed by atoms with van der Waals surface area (Å²) >= 11 is 0. The number of rotatable bonds is 8. The number of halogens is 2. The molecule has 0 spiro atoms. The minimum Gasteiger partial charge on any atom is -0.490 e. The molecule has 6 heteroatoms. The molecule has 0 bridgehead atoms. The van der Waals surface area contributed by atoms with Gasteiger partial charge in [-0.05, 0) is 50.1 Å². The van der Waals surface area contributed by atoms with Crippen molar-refractivity contribution in [2.24, 2.45) is 0 Å². The molecule has 134 valence electrons. The number of carbonyl (C=O) groups is 1. The van der Waals surface area contributed by atoms with Crippen molar-refractivity contribution < 1.29 is 23.0 Å². The normalized spacial score (nSPS) is 10.4. The number of hydrogen-bond donors (Lipinski definition) is 1. The summed E-state index contributed by atoms with van der Waals surface area (Å²) in [6, 6.07) is 8.53. The van der Waals surface area contributed by atoms with E-state index in [1.807, 2.05) is 26.0 Å². The van der Waals surface area contributed by atoms with Crippen molar-refractivity contribution in [2.45, 2.75) is 26.7 Å². The first-order valence-corrected chi connectivity index (χ1v) is 8.17. The molecular formula is C19H21F2NO3. The Balaban J connectivity index is 1.97. The Bertz CT molecular complexity index is 735. The van der Waals surface area contributed by atoms with Crippen molar-refractivity contribution in [1.82, 2.24) is 0 Å². The van der Waals surface area contributed by atoms with Crippen LogP contribution in [-0.4, -0.2) is 19.1 Å². The Hall–Kier alpha value is -2.63. The molecule has 2 aromatic rings. The molecule has 0 heterocycles. The fourth-order valence-electron chi connectivity index (χ4n) is 2.31. The van der Waals surface area contributed by atoms with E-state index < -0.39 is 11.6 Å². The lowest BCUT2D eigenvalue weighted by atomic mass is 10.1. The summed E-state index contributed by atoms with van der Waals surface area (Å²) in [6.45, 7) is 4.81. The van der Waals surface area contributed by atoms with Crippen LogP contribution < -0.4 is 14.8 Å². The first kappa shape index (κ1) is 18.7. The van der Waals surface area contributed by atoms with Crippen molar-refractivity contribution in [3.8, 4) is 11.5 Å². The maximum Gasteiger partial charge on any atom is 0.224 e. The second-order valence-corrected chi connectivity index (χ2v) is 5.32. The zero-order valence-corrected chi connectivity index (χ0v) is 14.3. The van der Waals surface area contributed by atoms with Crippen LogP contribution in [0.3, 0.4) is 0 Å². The summed E-state index contributed by atoms with van der Waals surface area (Å²) in [5.41, 5.74) is 0.870. The molecule has 4 nitrogen and oxygen atoms in total. The second kappa shape index (κ2) is 9.01. The van der Waals surface area contributed by atoms with Gasteiger partial charge in [-0.15, -0.1) is 0 Å². The summed E-state index contributed by atoms with van der Waals surface area (Å²) in [5, 5.41) is 2.44. The summed E-state index contributed by atoms with van der Waals surface area (Å²) in [7, 11) is 0. The average Bonchev–Trinajstić information content (AvgIpc) is 2.58. The van der Waals surface area contributed by atoms with E-state index in [1.54, 1.807) is 6.07 Å². The highest BCUT2D eigenvalue weighted by Gasteiger charge is 2.10. The third-order valence-corrected chi connectivity index (χ3v) is 3.45. The Morgan fingerprint density at radius 1 is 1.00 bits per heavy atom. The molecule has 1 N–H and O–H groups in total. The van der Waals surface area contributed by atoms with Gasteiger partial charge < -0.3 is 14.8 Å². The fourth-order valence-corrected chi connectivity index (χ4v) is 2.31. The number of ether oxygens (including phenoxy) is 2. The van der Waals surface area contributed by atoms with Gasteiger partial charge in [-0.1, -0.05) is 6.07 Å². The van der Waals surface area contributed by atoms with E-state index in [0.29, 0.717) is 31.1 Å². The molecule has 0 unspecified atom stereocenters. The summed E-state index contributed by atoms with van der Waals surface area (Å²) < 4.78 is 37.5. The van der Waals surface area contributed by atoms with Crippen LogP contribution >= 0.6 is 0 Å². The van der Waals surface area contributed by atoms with E-state index >= 15 is 0 Å². The SMILES string of the molecule is CCOc1ccc(CCC(=O)Nc2ccc(F)cc2F)cc1OCC. The van der Waals surface area contributed by atoms with E-state index in [0.717, 1.165) is 17.7 Å². The topological polar surface area (TPSA) is 47.6 Å². The molecule has 0 saturated carbocycles. The number of aryl methyl sites for hydroxylation is 1. The van der Waals surface area contributed by atoms with Crippen molar-refractivity contribution in [3.63, 3.8) is 0 Å². The van der Waals surface area contributed by atoms with E-state index in [4.69, 9.17) is 9.47 Å². The highest BCUT2D eigenvalue weighted by atomic mass is 19.1. The van der Waals surface area contributed by atoms with E-state index in [2.05, 4.69) is 5.32 Å². The zero-order valence-electron chi connectivity index (χ0n) is 14.3. The molecule has 0 aliphatic rings. The van der Waals surface area contributed by atoms with Gasteiger partial charge in [0, 0.05) is 12.5 Å². The Morgan fingerprint density at radius 2 is 1.72 bits per heavy atom. The molecule has 0 fully saturated rings. The van der Waals surface area contributed by atoms with Gasteiger partial charge in [0.1, 0.15) is 11.6 Å². The van der Waals surface area contributed by atoms with Crippen molar-refractivity contribution in [1.29, 1.82) is 0 Å². The minimum atomic E-state index is -0.798. The standard InChI is InChI=1S/C19H21F2NO3/c1-3-24-17-9-5-13(11-18(17)25-4-2)6-10-19(23)22-16-8-7-14(20)12-15(16)21/h5,7-9,11-12H,3-4,6,10H2,1-2H3,(H,22,23). The number of anilines is 1. The molecule has 0 aliphatic carbocycles. The Morgan fingerprint density at radius 3 is 2.40 bits per heavy atom. The number of benzene rings is 2. The quantitative estimate of drug-likeness (QED) is 0.771. The molecule has 0 atom stereocenters. The summed E-state index contributed by atoms with van der Waals surface area (Å²) in [4.78, 5) is 12.0.